The Hall–Kier alpha value is -2.92. The van der Waals surface area contributed by atoms with Crippen LogP contribution in [0.2, 0.25) is 5.15 Å². The van der Waals surface area contributed by atoms with E-state index in [-0.39, 0.29) is 11.2 Å². The highest BCUT2D eigenvalue weighted by molar-refractivity contribution is 6.29. The predicted octanol–water partition coefficient (Wildman–Crippen LogP) is 4.36. The summed E-state index contributed by atoms with van der Waals surface area (Å²) in [5.74, 6) is -1.63. The van der Waals surface area contributed by atoms with E-state index in [1.54, 1.807) is 6.07 Å². The highest BCUT2D eigenvalue weighted by atomic mass is 35.5. The van der Waals surface area contributed by atoms with Gasteiger partial charge in [0.05, 0.1) is 5.92 Å². The largest absolute Gasteiger partial charge is 0.478 e. The summed E-state index contributed by atoms with van der Waals surface area (Å²) >= 11 is 6.03. The van der Waals surface area contributed by atoms with E-state index in [1.807, 2.05) is 67.6 Å². The first kappa shape index (κ1) is 18.9. The molecule has 0 fully saturated rings. The number of aliphatic carboxylic acids is 1. The maximum absolute atomic E-state index is 12.1. The first-order valence-electron chi connectivity index (χ1n) is 8.61. The Labute approximate surface area is 162 Å². The van der Waals surface area contributed by atoms with E-state index in [2.05, 4.69) is 9.97 Å². The van der Waals surface area contributed by atoms with Crippen molar-refractivity contribution in [1.29, 1.82) is 0 Å². The van der Waals surface area contributed by atoms with Gasteiger partial charge in [-0.15, -0.1) is 0 Å². The third kappa shape index (κ3) is 4.63. The van der Waals surface area contributed by atoms with Crippen molar-refractivity contribution in [3.63, 3.8) is 0 Å². The quantitative estimate of drug-likeness (QED) is 0.615. The van der Waals surface area contributed by atoms with Crippen LogP contribution in [0, 0.1) is 0 Å². The van der Waals surface area contributed by atoms with Crippen LogP contribution in [0.4, 0.5) is 0 Å². The molecular weight excluding hydrogens is 364 g/mol. The zero-order valence-electron chi connectivity index (χ0n) is 14.7. The normalized spacial score (nSPS) is 12.0. The minimum Gasteiger partial charge on any atom is -0.478 e. The fourth-order valence-corrected chi connectivity index (χ4v) is 3.11. The molecule has 0 aliphatic carbocycles. The Morgan fingerprint density at radius 1 is 1.04 bits per heavy atom. The summed E-state index contributed by atoms with van der Waals surface area (Å²) in [6.07, 6.45) is -0.574. The van der Waals surface area contributed by atoms with E-state index in [0.29, 0.717) is 12.1 Å². The van der Waals surface area contributed by atoms with Gasteiger partial charge in [0.25, 0.3) is 0 Å². The molecule has 0 aliphatic heterocycles. The van der Waals surface area contributed by atoms with Gasteiger partial charge in [-0.2, -0.15) is 4.98 Å². The van der Waals surface area contributed by atoms with Crippen molar-refractivity contribution in [1.82, 2.24) is 9.97 Å². The standard InChI is InChI=1S/C21H19ClN2O3/c1-2-16-13-17(22)24-21(23-16)27-19(20(25)26)18(14-9-5-3-6-10-14)15-11-7-4-8-12-15/h3-13,18-19H,2H2,1H3,(H,25,26). The minimum absolute atomic E-state index is 0.0383. The Bertz CT molecular complexity index is 864. The van der Waals surface area contributed by atoms with Crippen LogP contribution in [0.5, 0.6) is 6.01 Å². The van der Waals surface area contributed by atoms with Gasteiger partial charge >= 0.3 is 12.0 Å². The molecule has 0 radical (unpaired) electrons. The van der Waals surface area contributed by atoms with Gasteiger partial charge in [-0.25, -0.2) is 9.78 Å². The molecule has 5 nitrogen and oxygen atoms in total. The van der Waals surface area contributed by atoms with Crippen molar-refractivity contribution in [2.24, 2.45) is 0 Å². The number of rotatable bonds is 7. The van der Waals surface area contributed by atoms with Crippen LogP contribution in [0.25, 0.3) is 0 Å². The first-order valence-corrected chi connectivity index (χ1v) is 8.99. The van der Waals surface area contributed by atoms with Crippen LogP contribution < -0.4 is 4.74 Å². The average Bonchev–Trinajstić information content (AvgIpc) is 2.68. The van der Waals surface area contributed by atoms with Gasteiger partial charge in [-0.3, -0.25) is 0 Å². The highest BCUT2D eigenvalue weighted by Gasteiger charge is 2.33. The highest BCUT2D eigenvalue weighted by Crippen LogP contribution is 2.30. The van der Waals surface area contributed by atoms with Gasteiger partial charge in [0.1, 0.15) is 5.15 Å². The van der Waals surface area contributed by atoms with E-state index in [9.17, 15) is 9.90 Å². The second-order valence-corrected chi connectivity index (χ2v) is 6.38. The monoisotopic (exact) mass is 382 g/mol. The number of carboxylic acids is 1. The molecule has 1 unspecified atom stereocenters. The summed E-state index contributed by atoms with van der Waals surface area (Å²) in [5, 5.41) is 10.1. The lowest BCUT2D eigenvalue weighted by molar-refractivity contribution is -0.146. The lowest BCUT2D eigenvalue weighted by atomic mass is 9.86. The van der Waals surface area contributed by atoms with Crippen molar-refractivity contribution < 1.29 is 14.6 Å². The third-order valence-electron chi connectivity index (χ3n) is 4.19. The molecule has 3 rings (SSSR count). The SMILES string of the molecule is CCc1cc(Cl)nc(OC(C(=O)O)C(c2ccccc2)c2ccccc2)n1. The number of ether oxygens (including phenoxy) is 1. The fraction of sp³-hybridized carbons (Fsp3) is 0.190. The fourth-order valence-electron chi connectivity index (χ4n) is 2.91. The van der Waals surface area contributed by atoms with Crippen LogP contribution in [-0.2, 0) is 11.2 Å². The topological polar surface area (TPSA) is 72.3 Å². The summed E-state index contributed by atoms with van der Waals surface area (Å²) in [4.78, 5) is 20.4. The molecule has 0 saturated heterocycles. The molecule has 2 aromatic carbocycles. The molecule has 0 saturated carbocycles. The van der Waals surface area contributed by atoms with E-state index in [0.717, 1.165) is 11.1 Å². The van der Waals surface area contributed by atoms with Crippen molar-refractivity contribution in [2.45, 2.75) is 25.4 Å². The van der Waals surface area contributed by atoms with Gasteiger partial charge in [0, 0.05) is 5.69 Å². The maximum atomic E-state index is 12.1. The van der Waals surface area contributed by atoms with Crippen LogP contribution in [0.1, 0.15) is 29.7 Å². The zero-order chi connectivity index (χ0) is 19.2. The Balaban J connectivity index is 2.04. The first-order chi connectivity index (χ1) is 13.1. The molecule has 1 aromatic heterocycles. The zero-order valence-corrected chi connectivity index (χ0v) is 15.5. The summed E-state index contributed by atoms with van der Waals surface area (Å²) in [7, 11) is 0. The molecule has 3 aromatic rings. The third-order valence-corrected chi connectivity index (χ3v) is 4.38. The molecule has 0 aliphatic rings. The van der Waals surface area contributed by atoms with Crippen LogP contribution in [0.15, 0.2) is 66.7 Å². The van der Waals surface area contributed by atoms with E-state index in [4.69, 9.17) is 16.3 Å². The lowest BCUT2D eigenvalue weighted by Gasteiger charge is -2.25. The van der Waals surface area contributed by atoms with Crippen molar-refractivity contribution >= 4 is 17.6 Å². The van der Waals surface area contributed by atoms with E-state index in [1.165, 1.54) is 0 Å². The van der Waals surface area contributed by atoms with Crippen LogP contribution >= 0.6 is 11.6 Å². The predicted molar refractivity (Wildman–Crippen MR) is 103 cm³/mol. The second kappa shape index (κ2) is 8.64. The van der Waals surface area contributed by atoms with Gasteiger partial charge in [0.15, 0.2) is 0 Å². The Morgan fingerprint density at radius 2 is 1.59 bits per heavy atom. The molecule has 0 spiro atoms. The summed E-state index contributed by atoms with van der Waals surface area (Å²) < 4.78 is 5.76. The van der Waals surface area contributed by atoms with Crippen molar-refractivity contribution in [2.75, 3.05) is 0 Å². The minimum atomic E-state index is -1.21. The number of aryl methyl sites for hydroxylation is 1. The molecular formula is C21H19ClN2O3. The number of carbonyl (C=O) groups is 1. The van der Waals surface area contributed by atoms with Crippen molar-refractivity contribution in [3.8, 4) is 6.01 Å². The van der Waals surface area contributed by atoms with Crippen LogP contribution in [-0.4, -0.2) is 27.1 Å². The summed E-state index contributed by atoms with van der Waals surface area (Å²) in [6, 6.07) is 20.4. The second-order valence-electron chi connectivity index (χ2n) is 5.99. The molecule has 1 N–H and O–H groups in total. The van der Waals surface area contributed by atoms with E-state index >= 15 is 0 Å². The average molecular weight is 383 g/mol. The number of benzene rings is 2. The molecule has 0 bridgehead atoms. The van der Waals surface area contributed by atoms with Gasteiger partial charge in [0.2, 0.25) is 6.10 Å². The van der Waals surface area contributed by atoms with Crippen LogP contribution in [0.3, 0.4) is 0 Å². The number of nitrogens with zero attached hydrogens (tertiary/aromatic N) is 2. The van der Waals surface area contributed by atoms with Gasteiger partial charge in [-0.1, -0.05) is 79.2 Å². The lowest BCUT2D eigenvalue weighted by Crippen LogP contribution is -2.35. The molecule has 27 heavy (non-hydrogen) atoms. The Morgan fingerprint density at radius 3 is 2.07 bits per heavy atom. The molecule has 0 amide bonds. The maximum Gasteiger partial charge on any atom is 0.346 e. The number of aromatic nitrogens is 2. The Kier molecular flexibility index (Phi) is 6.04. The molecule has 6 heteroatoms. The molecule has 1 heterocycles. The number of hydrogen-bond donors (Lipinski definition) is 1. The van der Waals surface area contributed by atoms with E-state index < -0.39 is 18.0 Å². The van der Waals surface area contributed by atoms with Gasteiger partial charge in [-0.05, 0) is 23.6 Å². The molecule has 1 atom stereocenters. The number of carboxylic acid groups (broad SMARTS) is 1. The van der Waals surface area contributed by atoms with Crippen molar-refractivity contribution in [3.05, 3.63) is 88.7 Å². The number of halogens is 1. The number of hydrogen-bond acceptors (Lipinski definition) is 4. The summed E-state index contributed by atoms with van der Waals surface area (Å²) in [6.45, 7) is 1.92. The van der Waals surface area contributed by atoms with Gasteiger partial charge < -0.3 is 9.84 Å². The smallest absolute Gasteiger partial charge is 0.346 e. The summed E-state index contributed by atoms with van der Waals surface area (Å²) in [5.41, 5.74) is 2.34. The molecule has 138 valence electrons.